The first kappa shape index (κ1) is 24.0. The van der Waals surface area contributed by atoms with Gasteiger partial charge in [-0.25, -0.2) is 4.79 Å². The number of ether oxygens (including phenoxy) is 1. The number of amides is 2. The molecule has 0 saturated carbocycles. The normalized spacial score (nSPS) is 13.9. The van der Waals surface area contributed by atoms with Gasteiger partial charge in [0.15, 0.2) is 0 Å². The molecule has 2 amide bonds. The number of aromatic nitrogens is 2. The van der Waals surface area contributed by atoms with Crippen LogP contribution in [0.3, 0.4) is 0 Å². The summed E-state index contributed by atoms with van der Waals surface area (Å²) in [7, 11) is 0. The Balaban J connectivity index is 1.38. The van der Waals surface area contributed by atoms with E-state index in [-0.39, 0.29) is 31.4 Å². The third-order valence-electron chi connectivity index (χ3n) is 6.01. The van der Waals surface area contributed by atoms with Gasteiger partial charge >= 0.3 is 12.1 Å². The van der Waals surface area contributed by atoms with Crippen LogP contribution in [0.4, 0.5) is 4.79 Å². The molecule has 9 nitrogen and oxygen atoms in total. The third-order valence-corrected chi connectivity index (χ3v) is 6.01. The van der Waals surface area contributed by atoms with Gasteiger partial charge in [0.1, 0.15) is 12.6 Å². The average molecular weight is 477 g/mol. The lowest BCUT2D eigenvalue weighted by Gasteiger charge is -2.21. The zero-order chi connectivity index (χ0) is 24.8. The molecule has 4 rings (SSSR count). The van der Waals surface area contributed by atoms with Crippen LogP contribution in [0.1, 0.15) is 36.8 Å². The standard InChI is InChI=1S/C26H28N4O5/c1-17(15-30-14-6-13-27-30)28-25(33)23(11-12-24(31)32)29-26(34)35-16-22-20-9-4-2-7-18(20)19-8-3-5-10-21(19)22/h2-10,13-14,17,22-23H,11-12,15-16H2,1H3,(H,28,33)(H,29,34)(H,31,32). The van der Waals surface area contributed by atoms with Gasteiger partial charge in [-0.3, -0.25) is 14.3 Å². The van der Waals surface area contributed by atoms with E-state index in [4.69, 9.17) is 9.84 Å². The number of hydrogen-bond acceptors (Lipinski definition) is 5. The fourth-order valence-electron chi connectivity index (χ4n) is 4.40. The molecule has 2 atom stereocenters. The van der Waals surface area contributed by atoms with Crippen LogP contribution >= 0.6 is 0 Å². The Hall–Kier alpha value is -4.14. The van der Waals surface area contributed by atoms with E-state index in [9.17, 15) is 14.4 Å². The highest BCUT2D eigenvalue weighted by atomic mass is 16.5. The van der Waals surface area contributed by atoms with E-state index >= 15 is 0 Å². The van der Waals surface area contributed by atoms with Crippen molar-refractivity contribution in [3.05, 3.63) is 78.1 Å². The molecule has 1 aliphatic carbocycles. The molecule has 0 aliphatic heterocycles. The summed E-state index contributed by atoms with van der Waals surface area (Å²) in [6, 6.07) is 16.5. The minimum atomic E-state index is -1.05. The Morgan fingerprint density at radius 3 is 2.29 bits per heavy atom. The third kappa shape index (κ3) is 5.87. The van der Waals surface area contributed by atoms with Crippen LogP contribution in [0.2, 0.25) is 0 Å². The summed E-state index contributed by atoms with van der Waals surface area (Å²) >= 11 is 0. The van der Waals surface area contributed by atoms with Crippen LogP contribution in [0.25, 0.3) is 11.1 Å². The molecule has 2 aromatic carbocycles. The summed E-state index contributed by atoms with van der Waals surface area (Å²) in [6.45, 7) is 2.35. The number of benzene rings is 2. The summed E-state index contributed by atoms with van der Waals surface area (Å²) in [5.41, 5.74) is 4.38. The molecule has 1 aliphatic rings. The smallest absolute Gasteiger partial charge is 0.407 e. The second-order valence-electron chi connectivity index (χ2n) is 8.59. The monoisotopic (exact) mass is 476 g/mol. The minimum absolute atomic E-state index is 0.0557. The number of alkyl carbamates (subject to hydrolysis) is 1. The van der Waals surface area contributed by atoms with E-state index in [0.717, 1.165) is 22.3 Å². The summed E-state index contributed by atoms with van der Waals surface area (Å²) < 4.78 is 7.20. The second-order valence-corrected chi connectivity index (χ2v) is 8.59. The van der Waals surface area contributed by atoms with Gasteiger partial charge < -0.3 is 20.5 Å². The van der Waals surface area contributed by atoms with Crippen molar-refractivity contribution in [3.8, 4) is 11.1 Å². The van der Waals surface area contributed by atoms with Crippen LogP contribution in [-0.2, 0) is 20.9 Å². The second kappa shape index (κ2) is 10.9. The van der Waals surface area contributed by atoms with Gasteiger partial charge in [0.25, 0.3) is 0 Å². The van der Waals surface area contributed by atoms with E-state index in [1.54, 1.807) is 30.1 Å². The molecule has 0 bridgehead atoms. The topological polar surface area (TPSA) is 123 Å². The molecule has 0 saturated heterocycles. The number of nitrogens with one attached hydrogen (secondary N) is 2. The lowest BCUT2D eigenvalue weighted by Crippen LogP contribution is -2.50. The molecule has 1 aromatic heterocycles. The quantitative estimate of drug-likeness (QED) is 0.413. The predicted octanol–water partition coefficient (Wildman–Crippen LogP) is 3.16. The van der Waals surface area contributed by atoms with Crippen molar-refractivity contribution >= 4 is 18.0 Å². The average Bonchev–Trinajstić information content (AvgIpc) is 3.46. The minimum Gasteiger partial charge on any atom is -0.481 e. The van der Waals surface area contributed by atoms with Crippen molar-refractivity contribution in [2.24, 2.45) is 0 Å². The van der Waals surface area contributed by atoms with Gasteiger partial charge in [0.05, 0.1) is 6.54 Å². The van der Waals surface area contributed by atoms with Crippen LogP contribution in [0.15, 0.2) is 67.0 Å². The maximum atomic E-state index is 12.8. The number of rotatable bonds is 10. The molecule has 0 fully saturated rings. The van der Waals surface area contributed by atoms with E-state index in [1.165, 1.54) is 0 Å². The Morgan fingerprint density at radius 2 is 1.69 bits per heavy atom. The largest absolute Gasteiger partial charge is 0.481 e. The lowest BCUT2D eigenvalue weighted by atomic mass is 9.98. The molecular weight excluding hydrogens is 448 g/mol. The van der Waals surface area contributed by atoms with Crippen LogP contribution in [0.5, 0.6) is 0 Å². The van der Waals surface area contributed by atoms with Crippen molar-refractivity contribution < 1.29 is 24.2 Å². The van der Waals surface area contributed by atoms with Gasteiger partial charge in [-0.2, -0.15) is 5.10 Å². The molecule has 3 aromatic rings. The maximum Gasteiger partial charge on any atom is 0.407 e. The van der Waals surface area contributed by atoms with Crippen LogP contribution < -0.4 is 10.6 Å². The summed E-state index contributed by atoms with van der Waals surface area (Å²) in [5.74, 6) is -1.64. The SMILES string of the molecule is CC(Cn1cccn1)NC(=O)C(CCC(=O)O)NC(=O)OCC1c2ccccc2-c2ccccc21. The maximum absolute atomic E-state index is 12.8. The zero-order valence-corrected chi connectivity index (χ0v) is 19.4. The Bertz CT molecular complexity index is 1150. The number of aliphatic carboxylic acids is 1. The molecule has 35 heavy (non-hydrogen) atoms. The number of carbonyl (C=O) groups is 3. The van der Waals surface area contributed by atoms with Crippen molar-refractivity contribution in [3.63, 3.8) is 0 Å². The number of carbonyl (C=O) groups excluding carboxylic acids is 2. The Morgan fingerprint density at radius 1 is 1.03 bits per heavy atom. The first-order valence-electron chi connectivity index (χ1n) is 11.5. The number of hydrogen-bond donors (Lipinski definition) is 3. The molecular formula is C26H28N4O5. The van der Waals surface area contributed by atoms with Crippen molar-refractivity contribution in [1.29, 1.82) is 0 Å². The molecule has 9 heteroatoms. The molecule has 0 radical (unpaired) electrons. The van der Waals surface area contributed by atoms with E-state index in [1.807, 2.05) is 48.5 Å². The van der Waals surface area contributed by atoms with Crippen molar-refractivity contribution in [2.45, 2.75) is 44.3 Å². The molecule has 3 N–H and O–H groups in total. The number of carboxylic acids is 1. The van der Waals surface area contributed by atoms with E-state index < -0.39 is 24.0 Å². The summed E-state index contributed by atoms with van der Waals surface area (Å²) in [6.07, 6.45) is 2.33. The Labute approximate surface area is 203 Å². The highest BCUT2D eigenvalue weighted by Gasteiger charge is 2.30. The number of nitrogens with zero attached hydrogens (tertiary/aromatic N) is 2. The first-order valence-corrected chi connectivity index (χ1v) is 11.5. The van der Waals surface area contributed by atoms with Gasteiger partial charge in [0.2, 0.25) is 5.91 Å². The van der Waals surface area contributed by atoms with Crippen molar-refractivity contribution in [2.75, 3.05) is 6.61 Å². The summed E-state index contributed by atoms with van der Waals surface area (Å²) in [4.78, 5) is 36.6. The van der Waals surface area contributed by atoms with Crippen LogP contribution in [-0.4, -0.2) is 51.5 Å². The van der Waals surface area contributed by atoms with Gasteiger partial charge in [-0.1, -0.05) is 48.5 Å². The number of fused-ring (bicyclic) bond motifs is 3. The lowest BCUT2D eigenvalue weighted by molar-refractivity contribution is -0.137. The van der Waals surface area contributed by atoms with Crippen LogP contribution in [0, 0.1) is 0 Å². The number of carboxylic acid groups (broad SMARTS) is 1. The molecule has 1 heterocycles. The molecule has 2 unspecified atom stereocenters. The predicted molar refractivity (Wildman–Crippen MR) is 129 cm³/mol. The van der Waals surface area contributed by atoms with Crippen molar-refractivity contribution in [1.82, 2.24) is 20.4 Å². The van der Waals surface area contributed by atoms with E-state index in [0.29, 0.717) is 6.54 Å². The van der Waals surface area contributed by atoms with Gasteiger partial charge in [0, 0.05) is 30.8 Å². The first-order chi connectivity index (χ1) is 16.9. The highest BCUT2D eigenvalue weighted by Crippen LogP contribution is 2.44. The highest BCUT2D eigenvalue weighted by molar-refractivity contribution is 5.86. The molecule has 182 valence electrons. The fourth-order valence-corrected chi connectivity index (χ4v) is 4.40. The fraction of sp³-hybridized carbons (Fsp3) is 0.308. The molecule has 0 spiro atoms. The van der Waals surface area contributed by atoms with E-state index in [2.05, 4.69) is 15.7 Å². The van der Waals surface area contributed by atoms with Gasteiger partial charge in [-0.15, -0.1) is 0 Å². The summed E-state index contributed by atoms with van der Waals surface area (Å²) in [5, 5.41) is 18.5. The zero-order valence-electron chi connectivity index (χ0n) is 19.4. The Kier molecular flexibility index (Phi) is 7.45. The van der Waals surface area contributed by atoms with Gasteiger partial charge in [-0.05, 0) is 41.7 Å².